The highest BCUT2D eigenvalue weighted by Crippen LogP contribution is 2.21. The molecular weight excluding hydrogens is 1080 g/mol. The van der Waals surface area contributed by atoms with Gasteiger partial charge in [-0.2, -0.15) is 0 Å². The van der Waals surface area contributed by atoms with Crippen molar-refractivity contribution in [3.8, 4) is 0 Å². The number of carbonyl (C=O) groups is 12. The number of hydrogen-bond donors (Lipinski definition) is 16. The fourth-order valence-electron chi connectivity index (χ4n) is 8.99. The monoisotopic (exact) mass is 1150 g/mol. The summed E-state index contributed by atoms with van der Waals surface area (Å²) in [5.41, 5.74) is 17.6. The second-order valence-electron chi connectivity index (χ2n) is 19.5. The van der Waals surface area contributed by atoms with Gasteiger partial charge in [-0.3, -0.25) is 57.7 Å². The van der Waals surface area contributed by atoms with Gasteiger partial charge in [-0.25, -0.2) is 14.8 Å². The Kier molecular flexibility index (Phi) is 24.1. The number of aromatic amines is 2. The summed E-state index contributed by atoms with van der Waals surface area (Å²) in [6.07, 6.45) is 2.22. The molecule has 2 aliphatic heterocycles. The van der Waals surface area contributed by atoms with Gasteiger partial charge in [0, 0.05) is 69.1 Å². The number of hydrogen-bond acceptors (Lipinski definition) is 15. The van der Waals surface area contributed by atoms with E-state index >= 15 is 0 Å². The fraction of sp³-hybridized carbons (Fsp3) is 0.500. The van der Waals surface area contributed by atoms with E-state index in [1.54, 1.807) is 30.3 Å². The zero-order chi connectivity index (χ0) is 59.9. The predicted molar refractivity (Wildman–Crippen MR) is 286 cm³/mol. The van der Waals surface area contributed by atoms with E-state index in [0.717, 1.165) is 4.90 Å². The Bertz CT molecular complexity index is 2760. The van der Waals surface area contributed by atoms with Gasteiger partial charge in [0.25, 0.3) is 0 Å². The number of rotatable bonds is 19. The number of aliphatic imine (C=N–C) groups is 1. The molecule has 4 heterocycles. The summed E-state index contributed by atoms with van der Waals surface area (Å²) in [4.78, 5) is 184. The topological polar surface area (TPSA) is 505 Å². The number of nitrogens with one attached hydrogen (secondary N) is 11. The van der Waals surface area contributed by atoms with Crippen molar-refractivity contribution in [2.24, 2.45) is 22.2 Å². The molecule has 32 nitrogen and oxygen atoms in total. The summed E-state index contributed by atoms with van der Waals surface area (Å²) in [6.45, 7) is 1.05. The molecule has 0 bridgehead atoms. The molecule has 19 N–H and O–H groups in total. The summed E-state index contributed by atoms with van der Waals surface area (Å²) in [7, 11) is 0. The van der Waals surface area contributed by atoms with Crippen molar-refractivity contribution in [2.45, 2.75) is 138 Å². The van der Waals surface area contributed by atoms with Crippen LogP contribution in [0.1, 0.15) is 81.7 Å². The van der Waals surface area contributed by atoms with Gasteiger partial charge < -0.3 is 90.1 Å². The molecule has 9 atom stereocenters. The third-order valence-electron chi connectivity index (χ3n) is 13.2. The number of primary amides is 1. The van der Waals surface area contributed by atoms with Gasteiger partial charge in [0.2, 0.25) is 53.2 Å². The van der Waals surface area contributed by atoms with Crippen LogP contribution in [0.5, 0.6) is 0 Å². The van der Waals surface area contributed by atoms with Crippen LogP contribution >= 0.6 is 0 Å². The molecule has 2 saturated heterocycles. The van der Waals surface area contributed by atoms with Crippen LogP contribution in [0.3, 0.4) is 0 Å². The number of nitrogens with two attached hydrogens (primary N) is 3. The average Bonchev–Trinajstić information content (AvgIpc) is 4.44. The maximum atomic E-state index is 14.7. The van der Waals surface area contributed by atoms with E-state index in [9.17, 15) is 67.7 Å². The second-order valence-corrected chi connectivity index (χ2v) is 19.5. The number of urea groups is 1. The minimum absolute atomic E-state index is 0.00721. The Hall–Kier alpha value is -9.65. The van der Waals surface area contributed by atoms with Crippen LogP contribution in [0.15, 0.2) is 60.4 Å². The first-order valence-electron chi connectivity index (χ1n) is 26.3. The molecule has 1 aromatic carbocycles. The van der Waals surface area contributed by atoms with E-state index in [1.165, 1.54) is 32.0 Å². The number of amides is 11. The molecule has 32 heteroatoms. The predicted octanol–water partition coefficient (Wildman–Crippen LogP) is -5.09. The first kappa shape index (κ1) is 63.2. The van der Waals surface area contributed by atoms with Gasteiger partial charge in [0.05, 0.1) is 19.1 Å². The van der Waals surface area contributed by atoms with Gasteiger partial charge in [-0.1, -0.05) is 30.3 Å². The summed E-state index contributed by atoms with van der Waals surface area (Å²) in [6, 6.07) is -6.63. The number of fused-ring (bicyclic) bond motifs is 1. The van der Waals surface area contributed by atoms with Gasteiger partial charge in [-0.05, 0) is 57.4 Å². The number of carboxylic acids is 2. The van der Waals surface area contributed by atoms with Crippen molar-refractivity contribution < 1.29 is 67.7 Å². The third kappa shape index (κ3) is 20.2. The number of benzene rings is 1. The minimum Gasteiger partial charge on any atom is -0.481 e. The quantitative estimate of drug-likeness (QED) is 0.0303. The van der Waals surface area contributed by atoms with Crippen molar-refractivity contribution in [3.05, 3.63) is 72.3 Å². The summed E-state index contributed by atoms with van der Waals surface area (Å²) < 4.78 is 0. The lowest BCUT2D eigenvalue weighted by Crippen LogP contribution is -2.61. The Balaban J connectivity index is 1.61. The van der Waals surface area contributed by atoms with Crippen LogP contribution < -0.4 is 65.1 Å². The Morgan fingerprint density at radius 2 is 1.11 bits per heavy atom. The van der Waals surface area contributed by atoms with Crippen molar-refractivity contribution in [2.75, 3.05) is 19.6 Å². The molecule has 0 spiro atoms. The number of carbonyl (C=O) groups excluding carboxylic acids is 10. The zero-order valence-corrected chi connectivity index (χ0v) is 44.8. The lowest BCUT2D eigenvalue weighted by molar-refractivity contribution is -0.144. The van der Waals surface area contributed by atoms with Crippen LogP contribution in [0.25, 0.3) is 0 Å². The normalized spacial score (nSPS) is 23.9. The Morgan fingerprint density at radius 1 is 0.610 bits per heavy atom. The van der Waals surface area contributed by atoms with E-state index in [-0.39, 0.29) is 83.4 Å². The van der Waals surface area contributed by atoms with Gasteiger partial charge in [0.1, 0.15) is 54.4 Å². The molecule has 11 amide bonds. The first-order chi connectivity index (χ1) is 39.1. The molecule has 2 fully saturated rings. The molecule has 0 unspecified atom stereocenters. The van der Waals surface area contributed by atoms with E-state index in [0.29, 0.717) is 17.0 Å². The van der Waals surface area contributed by atoms with E-state index < -0.39 is 145 Å². The highest BCUT2D eigenvalue weighted by molar-refractivity contribution is 6.00. The average molecular weight is 1150 g/mol. The van der Waals surface area contributed by atoms with E-state index in [1.807, 2.05) is 0 Å². The van der Waals surface area contributed by atoms with Crippen LogP contribution in [0.4, 0.5) is 4.79 Å². The Labute approximate surface area is 468 Å². The molecule has 444 valence electrons. The summed E-state index contributed by atoms with van der Waals surface area (Å²) in [5.74, 6) is -12.2. The molecule has 82 heavy (non-hydrogen) atoms. The fourth-order valence-corrected chi connectivity index (χ4v) is 8.99. The highest BCUT2D eigenvalue weighted by Gasteiger charge is 2.41. The van der Waals surface area contributed by atoms with Crippen molar-refractivity contribution >= 4 is 77.1 Å². The number of aromatic nitrogens is 4. The second kappa shape index (κ2) is 31.2. The lowest BCUT2D eigenvalue weighted by Gasteiger charge is -2.31. The molecule has 2 aliphatic rings. The number of imidazole rings is 2. The number of guanidine groups is 1. The van der Waals surface area contributed by atoms with Crippen LogP contribution in [0, 0.1) is 0 Å². The van der Waals surface area contributed by atoms with Crippen molar-refractivity contribution in [1.82, 2.24) is 72.7 Å². The molecule has 0 radical (unpaired) electrons. The molecule has 0 aliphatic carbocycles. The highest BCUT2D eigenvalue weighted by atomic mass is 16.4. The SMILES string of the molecule is C[C@@H]1NC(=O)[C@H](CCC(=O)O)NC(=O)[C@H](CC(=O)O)NC(=O)[C@@H]2CCCN2C(=O)[C@H](Cc2cnc[nH]2)NC(=O)[C@H](CCCNC(N)=O)NC(=O)[C@H](Cc2cnc[nH]2)NC(=O)[C@H](CCCN=C(N)N)NC(=O)[C@H](Cc2ccccc2)NC1=O. The lowest BCUT2D eigenvalue weighted by atomic mass is 10.0. The number of H-pyrrole nitrogens is 2. The maximum absolute atomic E-state index is 14.7. The summed E-state index contributed by atoms with van der Waals surface area (Å²) in [5, 5.41) is 42.1. The minimum atomic E-state index is -1.92. The first-order valence-corrected chi connectivity index (χ1v) is 26.3. The molecule has 3 aromatic rings. The molecule has 0 saturated carbocycles. The van der Waals surface area contributed by atoms with Crippen molar-refractivity contribution in [1.29, 1.82) is 0 Å². The maximum Gasteiger partial charge on any atom is 0.312 e. The van der Waals surface area contributed by atoms with E-state index in [4.69, 9.17) is 17.2 Å². The number of aliphatic carboxylic acids is 2. The zero-order valence-electron chi connectivity index (χ0n) is 44.8. The molecule has 5 rings (SSSR count). The molecular formula is C50H70N18O14. The van der Waals surface area contributed by atoms with E-state index in [2.05, 4.69) is 72.8 Å². The standard InChI is InChI=1S/C50H70N18O14/c1-26-40(73)64-33(18-27-8-3-2-4-9-27)44(77)61-30(10-5-15-56-49(51)52)42(75)65-34(19-28-22-54-24-58-28)45(78)62-31(11-6-16-57-50(53)82)43(76)67-36(20-29-23-55-25-59-29)48(81)68-17-7-12-37(68)47(80)66-35(21-39(71)72)46(79)63-32(41(74)60-26)13-14-38(69)70/h2-4,8-9,22-26,30-37H,5-7,10-21H2,1H3,(H,54,58)(H,55,59)(H,60,74)(H,61,77)(H,62,78)(H,63,79)(H,64,73)(H,65,75)(H,66,80)(H,67,76)(H,69,70)(H,71,72)(H4,51,52,56)(H3,53,57,82)/t26-,30-,31-,32-,33-,34-,35-,36-,37-/m0/s1. The van der Waals surface area contributed by atoms with Crippen LogP contribution in [-0.4, -0.2) is 186 Å². The van der Waals surface area contributed by atoms with Gasteiger partial charge in [-0.15, -0.1) is 0 Å². The van der Waals surface area contributed by atoms with Gasteiger partial charge in [0.15, 0.2) is 5.96 Å². The largest absolute Gasteiger partial charge is 0.481 e. The molecule has 2 aromatic heterocycles. The van der Waals surface area contributed by atoms with Gasteiger partial charge >= 0.3 is 18.0 Å². The number of nitrogens with zero attached hydrogens (tertiary/aromatic N) is 4. The van der Waals surface area contributed by atoms with Crippen LogP contribution in [0.2, 0.25) is 0 Å². The van der Waals surface area contributed by atoms with Crippen LogP contribution in [-0.2, 0) is 72.0 Å². The third-order valence-corrected chi connectivity index (χ3v) is 13.2. The Morgan fingerprint density at radius 3 is 1.67 bits per heavy atom. The smallest absolute Gasteiger partial charge is 0.312 e. The van der Waals surface area contributed by atoms with Crippen molar-refractivity contribution in [3.63, 3.8) is 0 Å². The number of carboxylic acid groups (broad SMARTS) is 2. The summed E-state index contributed by atoms with van der Waals surface area (Å²) >= 11 is 0.